The zero-order chi connectivity index (χ0) is 28.7. The Morgan fingerprint density at radius 2 is 1.60 bits per heavy atom. The van der Waals surface area contributed by atoms with E-state index in [1.165, 1.54) is 25.1 Å². The van der Waals surface area contributed by atoms with Gasteiger partial charge >= 0.3 is 0 Å². The molecule has 0 amide bonds. The smallest absolute Gasteiger partial charge is 0.229 e. The van der Waals surface area contributed by atoms with Gasteiger partial charge in [0.05, 0.1) is 24.7 Å². The maximum atomic E-state index is 13.0. The van der Waals surface area contributed by atoms with Crippen LogP contribution in [-0.4, -0.2) is 110 Å². The van der Waals surface area contributed by atoms with E-state index in [4.69, 9.17) is 23.7 Å². The number of aromatic hydroxyl groups is 1. The zero-order valence-electron chi connectivity index (χ0n) is 21.4. The van der Waals surface area contributed by atoms with Gasteiger partial charge in [-0.25, -0.2) is 0 Å². The van der Waals surface area contributed by atoms with E-state index < -0.39 is 74.1 Å². The van der Waals surface area contributed by atoms with E-state index >= 15 is 0 Å². The molecule has 0 unspecified atom stereocenters. The largest absolute Gasteiger partial charge is 0.508 e. The molecule has 0 aliphatic carbocycles. The molecule has 13 heteroatoms. The minimum atomic E-state index is -1.72. The van der Waals surface area contributed by atoms with Crippen molar-refractivity contribution in [1.82, 2.24) is 0 Å². The molecule has 0 spiro atoms. The van der Waals surface area contributed by atoms with E-state index in [-0.39, 0.29) is 35.0 Å². The van der Waals surface area contributed by atoms with Crippen molar-refractivity contribution in [3.63, 3.8) is 0 Å². The highest BCUT2D eigenvalue weighted by molar-refractivity contribution is 6.00. The Morgan fingerprint density at radius 3 is 2.30 bits per heavy atom. The lowest BCUT2D eigenvalue weighted by atomic mass is 9.95. The lowest BCUT2D eigenvalue weighted by Crippen LogP contribution is -2.64. The molecule has 2 fully saturated rings. The third kappa shape index (κ3) is 5.40. The summed E-state index contributed by atoms with van der Waals surface area (Å²) in [6.07, 6.45) is -15.6. The van der Waals surface area contributed by atoms with Crippen LogP contribution in [0.4, 0.5) is 0 Å². The first kappa shape index (κ1) is 28.7. The highest BCUT2D eigenvalue weighted by Crippen LogP contribution is 2.42. The van der Waals surface area contributed by atoms with Crippen LogP contribution < -0.4 is 9.47 Å². The molecule has 13 nitrogen and oxygen atoms in total. The molecule has 2 aromatic carbocycles. The van der Waals surface area contributed by atoms with Crippen molar-refractivity contribution in [2.24, 2.45) is 0 Å². The Balaban J connectivity index is 1.43. The number of rotatable bonds is 6. The number of benzene rings is 2. The summed E-state index contributed by atoms with van der Waals surface area (Å²) in [5.74, 6) is -0.0619. The molecule has 218 valence electrons. The van der Waals surface area contributed by atoms with Gasteiger partial charge in [-0.05, 0) is 36.8 Å². The number of para-hydroxylation sites is 1. The number of phenolic OH excluding ortho intramolecular Hbond substituents is 1. The second kappa shape index (κ2) is 11.6. The molecule has 3 heterocycles. The Kier molecular flexibility index (Phi) is 8.29. The third-order valence-electron chi connectivity index (χ3n) is 7.34. The monoisotopic (exact) mass is 564 g/mol. The van der Waals surface area contributed by atoms with E-state index in [9.17, 15) is 40.5 Å². The quantitative estimate of drug-likeness (QED) is 0.228. The SMILES string of the molecule is C[C@@H]1O[C@@H](O[C@H]2[C@H](Oc3cccc4c3O[C@H](c3ccc(O)cc3)CC4=O)O[C@H](CO)[C@@H](O)[C@@H]2O)[C@H](O)[C@H](O)[C@H]1O. The minimum absolute atomic E-state index is 0.0298. The average Bonchev–Trinajstić information content (AvgIpc) is 2.94. The second-order valence-electron chi connectivity index (χ2n) is 10.1. The van der Waals surface area contributed by atoms with Crippen LogP contribution in [-0.2, 0) is 14.2 Å². The number of ether oxygens (including phenoxy) is 5. The molecule has 7 N–H and O–H groups in total. The number of hydrogen-bond acceptors (Lipinski definition) is 13. The first-order valence-corrected chi connectivity index (χ1v) is 12.8. The van der Waals surface area contributed by atoms with Gasteiger partial charge in [0, 0.05) is 0 Å². The number of carbonyl (C=O) groups is 1. The summed E-state index contributed by atoms with van der Waals surface area (Å²) in [7, 11) is 0. The van der Waals surface area contributed by atoms with Crippen molar-refractivity contribution >= 4 is 5.78 Å². The number of hydrogen-bond donors (Lipinski definition) is 7. The Bertz CT molecular complexity index is 1190. The minimum Gasteiger partial charge on any atom is -0.508 e. The van der Waals surface area contributed by atoms with Gasteiger partial charge in [-0.3, -0.25) is 4.79 Å². The lowest BCUT2D eigenvalue weighted by Gasteiger charge is -2.45. The fourth-order valence-electron chi connectivity index (χ4n) is 4.99. The van der Waals surface area contributed by atoms with Crippen LogP contribution in [0.2, 0.25) is 0 Å². The molecule has 11 atom stereocenters. The third-order valence-corrected chi connectivity index (χ3v) is 7.34. The fraction of sp³-hybridized carbons (Fsp3) is 0.519. The highest BCUT2D eigenvalue weighted by atomic mass is 16.8. The summed E-state index contributed by atoms with van der Waals surface area (Å²) >= 11 is 0. The van der Waals surface area contributed by atoms with E-state index in [1.54, 1.807) is 24.3 Å². The number of phenols is 1. The molecule has 0 bridgehead atoms. The molecule has 0 aromatic heterocycles. The predicted molar refractivity (Wildman–Crippen MR) is 132 cm³/mol. The molecule has 40 heavy (non-hydrogen) atoms. The van der Waals surface area contributed by atoms with Gasteiger partial charge in [-0.1, -0.05) is 18.2 Å². The van der Waals surface area contributed by atoms with Gasteiger partial charge < -0.3 is 59.4 Å². The number of aliphatic hydroxyl groups excluding tert-OH is 6. The zero-order valence-corrected chi connectivity index (χ0v) is 21.4. The van der Waals surface area contributed by atoms with E-state index in [1.807, 2.05) is 0 Å². The van der Waals surface area contributed by atoms with Gasteiger partial charge in [0.25, 0.3) is 0 Å². The maximum absolute atomic E-state index is 13.0. The van der Waals surface area contributed by atoms with Gasteiger partial charge in [0.1, 0.15) is 48.5 Å². The summed E-state index contributed by atoms with van der Waals surface area (Å²) in [6, 6.07) is 10.8. The van der Waals surface area contributed by atoms with E-state index in [2.05, 4.69) is 0 Å². The van der Waals surface area contributed by atoms with Crippen LogP contribution in [0.25, 0.3) is 0 Å². The fourth-order valence-corrected chi connectivity index (χ4v) is 4.99. The molecule has 3 aliphatic rings. The van der Waals surface area contributed by atoms with Crippen LogP contribution in [0.3, 0.4) is 0 Å². The molecule has 3 aliphatic heterocycles. The van der Waals surface area contributed by atoms with Crippen LogP contribution >= 0.6 is 0 Å². The lowest BCUT2D eigenvalue weighted by molar-refractivity contribution is -0.354. The summed E-state index contributed by atoms with van der Waals surface area (Å²) in [5, 5.41) is 71.3. The number of Topliss-reactive ketones (excluding diaryl/α,β-unsaturated/α-hetero) is 1. The van der Waals surface area contributed by atoms with Gasteiger partial charge in [0.15, 0.2) is 29.7 Å². The summed E-state index contributed by atoms with van der Waals surface area (Å²) in [4.78, 5) is 13.0. The van der Waals surface area contributed by atoms with Gasteiger partial charge in [-0.15, -0.1) is 0 Å². The molecular formula is C27H32O13. The van der Waals surface area contributed by atoms with E-state index in [0.717, 1.165) is 0 Å². The first-order valence-electron chi connectivity index (χ1n) is 12.8. The Labute approximate surface area is 228 Å². The molecular weight excluding hydrogens is 532 g/mol. The topological polar surface area (TPSA) is 205 Å². The number of fused-ring (bicyclic) bond motifs is 1. The van der Waals surface area contributed by atoms with Crippen molar-refractivity contribution in [2.75, 3.05) is 6.61 Å². The summed E-state index contributed by atoms with van der Waals surface area (Å²) in [5.41, 5.74) is 0.871. The molecule has 2 aromatic rings. The van der Waals surface area contributed by atoms with Crippen molar-refractivity contribution in [1.29, 1.82) is 0 Å². The van der Waals surface area contributed by atoms with E-state index in [0.29, 0.717) is 5.56 Å². The van der Waals surface area contributed by atoms with Crippen LogP contribution in [0.15, 0.2) is 42.5 Å². The van der Waals surface area contributed by atoms with Crippen molar-refractivity contribution in [2.45, 2.75) is 80.9 Å². The number of carbonyl (C=O) groups excluding carboxylic acids is 1. The van der Waals surface area contributed by atoms with Crippen molar-refractivity contribution in [3.05, 3.63) is 53.6 Å². The first-order chi connectivity index (χ1) is 19.1. The normalized spacial score (nSPS) is 37.9. The van der Waals surface area contributed by atoms with Crippen LogP contribution in [0.1, 0.15) is 35.4 Å². The van der Waals surface area contributed by atoms with Crippen molar-refractivity contribution in [3.8, 4) is 17.2 Å². The standard InChI is InChI=1S/C27H32O13/c1-11-19(31)21(33)23(35)26(36-11)40-25-22(34)20(32)18(10-28)39-27(25)38-16-4-2-3-14-15(30)9-17(37-24(14)16)12-5-7-13(29)8-6-12/h2-8,11,17-23,25-29,31-35H,9-10H2,1H3/t11-,17-,18+,19-,20+,21+,22-,23+,25+,26-,27+/m0/s1. The predicted octanol–water partition coefficient (Wildman–Crippen LogP) is -0.871. The Morgan fingerprint density at radius 1 is 0.875 bits per heavy atom. The summed E-state index contributed by atoms with van der Waals surface area (Å²) < 4.78 is 29.1. The highest BCUT2D eigenvalue weighted by Gasteiger charge is 2.51. The maximum Gasteiger partial charge on any atom is 0.229 e. The molecule has 2 saturated heterocycles. The summed E-state index contributed by atoms with van der Waals surface area (Å²) in [6.45, 7) is 0.768. The van der Waals surface area contributed by atoms with Crippen LogP contribution in [0, 0.1) is 0 Å². The average molecular weight is 565 g/mol. The number of ketones is 1. The van der Waals surface area contributed by atoms with Gasteiger partial charge in [-0.2, -0.15) is 0 Å². The number of aliphatic hydroxyl groups is 6. The molecule has 0 radical (unpaired) electrons. The van der Waals surface area contributed by atoms with Crippen molar-refractivity contribution < 1.29 is 64.2 Å². The second-order valence-corrected chi connectivity index (χ2v) is 10.1. The van der Waals surface area contributed by atoms with Gasteiger partial charge in [0.2, 0.25) is 6.29 Å². The Hall–Kier alpha value is -2.85. The molecule has 0 saturated carbocycles. The molecule has 5 rings (SSSR count). The van der Waals surface area contributed by atoms with Crippen LogP contribution in [0.5, 0.6) is 17.2 Å².